The van der Waals surface area contributed by atoms with Crippen molar-refractivity contribution >= 4 is 33.3 Å². The molecule has 158 valence electrons. The lowest BCUT2D eigenvalue weighted by Crippen LogP contribution is -2.36. The molecule has 0 saturated carbocycles. The summed E-state index contributed by atoms with van der Waals surface area (Å²) in [6.07, 6.45) is -0.392. The number of amides is 1. The average Bonchev–Trinajstić information content (AvgIpc) is 3.21. The van der Waals surface area contributed by atoms with E-state index in [1.54, 1.807) is 18.3 Å². The molecule has 1 aliphatic rings. The van der Waals surface area contributed by atoms with E-state index >= 15 is 0 Å². The zero-order valence-corrected chi connectivity index (χ0v) is 17.9. The maximum atomic E-state index is 12.9. The minimum absolute atomic E-state index is 0.123. The molecule has 0 radical (unpaired) electrons. The summed E-state index contributed by atoms with van der Waals surface area (Å²) in [4.78, 5) is 18.0. The normalized spacial score (nSPS) is 20.0. The van der Waals surface area contributed by atoms with Crippen molar-refractivity contribution in [3.63, 3.8) is 0 Å². The maximum absolute atomic E-state index is 12.9. The van der Waals surface area contributed by atoms with Gasteiger partial charge in [-0.25, -0.2) is 13.8 Å². The number of hydrogen-bond donors (Lipinski definition) is 1. The number of hydrogen-bond acceptors (Lipinski definition) is 6. The fourth-order valence-corrected chi connectivity index (χ4v) is 4.77. The van der Waals surface area contributed by atoms with Crippen molar-refractivity contribution < 1.29 is 18.3 Å². The second kappa shape index (κ2) is 7.31. The third kappa shape index (κ3) is 4.04. The largest absolute Gasteiger partial charge is 0.369 e. The molecule has 3 heterocycles. The van der Waals surface area contributed by atoms with Gasteiger partial charge in [0, 0.05) is 11.6 Å². The van der Waals surface area contributed by atoms with Gasteiger partial charge in [-0.2, -0.15) is 5.10 Å². The van der Waals surface area contributed by atoms with E-state index in [9.17, 15) is 13.6 Å². The van der Waals surface area contributed by atoms with Crippen molar-refractivity contribution in [3.05, 3.63) is 36.2 Å². The molecule has 0 bridgehead atoms. The van der Waals surface area contributed by atoms with Crippen molar-refractivity contribution in [1.29, 1.82) is 0 Å². The molecule has 0 aliphatic carbocycles. The third-order valence-corrected chi connectivity index (χ3v) is 6.20. The number of carbonyl (C=O) groups is 1. The summed E-state index contributed by atoms with van der Waals surface area (Å²) in [5, 5.41) is 11.3. The summed E-state index contributed by atoms with van der Waals surface area (Å²) in [6, 6.07) is 6.66. The number of benzene rings is 1. The number of fused-ring (bicyclic) bond motifs is 1. The van der Waals surface area contributed by atoms with Crippen LogP contribution in [-0.4, -0.2) is 32.3 Å². The molecule has 1 amide bonds. The van der Waals surface area contributed by atoms with Gasteiger partial charge in [-0.05, 0) is 57.9 Å². The molecule has 6 nitrogen and oxygen atoms in total. The van der Waals surface area contributed by atoms with E-state index in [1.165, 1.54) is 17.4 Å². The van der Waals surface area contributed by atoms with E-state index in [-0.39, 0.29) is 23.1 Å². The number of halogens is 2. The molecule has 9 heteroatoms. The van der Waals surface area contributed by atoms with E-state index in [2.05, 4.69) is 20.5 Å². The molecule has 1 saturated heterocycles. The topological polar surface area (TPSA) is 77.0 Å². The predicted molar refractivity (Wildman–Crippen MR) is 112 cm³/mol. The van der Waals surface area contributed by atoms with Crippen molar-refractivity contribution in [2.45, 2.75) is 51.7 Å². The van der Waals surface area contributed by atoms with E-state index in [1.807, 2.05) is 33.8 Å². The molecule has 1 unspecified atom stereocenters. The Morgan fingerprint density at radius 1 is 1.23 bits per heavy atom. The first-order valence-electron chi connectivity index (χ1n) is 9.57. The number of nitrogens with zero attached hydrogens (tertiary/aromatic N) is 3. The van der Waals surface area contributed by atoms with Gasteiger partial charge in [0.05, 0.1) is 27.5 Å². The minimum Gasteiger partial charge on any atom is -0.369 e. The van der Waals surface area contributed by atoms with E-state index < -0.39 is 12.0 Å². The van der Waals surface area contributed by atoms with Gasteiger partial charge in [-0.3, -0.25) is 4.79 Å². The van der Waals surface area contributed by atoms with Crippen LogP contribution >= 0.6 is 11.3 Å². The lowest BCUT2D eigenvalue weighted by Gasteiger charge is -2.26. The van der Waals surface area contributed by atoms with Crippen molar-refractivity contribution in [2.24, 2.45) is 5.92 Å². The summed E-state index contributed by atoms with van der Waals surface area (Å²) in [6.45, 7) is 7.80. The van der Waals surface area contributed by atoms with Gasteiger partial charge in [0.25, 0.3) is 6.43 Å². The number of alkyl halides is 2. The van der Waals surface area contributed by atoms with Crippen LogP contribution in [0.5, 0.6) is 0 Å². The lowest BCUT2D eigenvalue weighted by atomic mass is 9.87. The first-order valence-corrected chi connectivity index (χ1v) is 10.4. The summed E-state index contributed by atoms with van der Waals surface area (Å²) in [5.74, 6) is -0.409. The molecule has 1 aliphatic heterocycles. The minimum atomic E-state index is -2.68. The Balaban J connectivity index is 1.55. The molecule has 1 N–H and O–H groups in total. The van der Waals surface area contributed by atoms with Crippen molar-refractivity contribution in [1.82, 2.24) is 15.2 Å². The smallest absolute Gasteiger partial charge is 0.282 e. The third-order valence-electron chi connectivity index (χ3n) is 5.24. The second-order valence-corrected chi connectivity index (χ2v) is 9.61. The van der Waals surface area contributed by atoms with Gasteiger partial charge in [-0.1, -0.05) is 17.4 Å². The van der Waals surface area contributed by atoms with Crippen LogP contribution in [0.1, 0.15) is 46.2 Å². The van der Waals surface area contributed by atoms with Crippen LogP contribution in [0.3, 0.4) is 0 Å². The van der Waals surface area contributed by atoms with E-state index in [0.29, 0.717) is 22.5 Å². The number of aromatic nitrogens is 3. The molecule has 3 aromatic rings. The summed E-state index contributed by atoms with van der Waals surface area (Å²) >= 11 is 1.32. The van der Waals surface area contributed by atoms with Crippen LogP contribution < -0.4 is 5.32 Å². The highest BCUT2D eigenvalue weighted by atomic mass is 32.1. The molecule has 1 fully saturated rings. The van der Waals surface area contributed by atoms with Gasteiger partial charge in [0.15, 0.2) is 5.13 Å². The molecule has 1 aromatic carbocycles. The quantitative estimate of drug-likeness (QED) is 0.611. The number of rotatable bonds is 4. The zero-order valence-electron chi connectivity index (χ0n) is 17.1. The van der Waals surface area contributed by atoms with E-state index in [4.69, 9.17) is 4.74 Å². The summed E-state index contributed by atoms with van der Waals surface area (Å²) in [7, 11) is 0. The van der Waals surface area contributed by atoms with Gasteiger partial charge in [0.1, 0.15) is 5.69 Å². The van der Waals surface area contributed by atoms with Crippen LogP contribution in [0.25, 0.3) is 21.3 Å². The zero-order chi connectivity index (χ0) is 21.7. The SMILES string of the molecule is CC1(C)CC(C(=O)Nc2ncc(-c3ccc4nnc(C(F)F)cc4c3)s2)C(C)(C)O1. The maximum Gasteiger partial charge on any atom is 0.282 e. The molecular formula is C21H22F2N4O2S. The van der Waals surface area contributed by atoms with Crippen molar-refractivity contribution in [3.8, 4) is 10.4 Å². The highest BCUT2D eigenvalue weighted by Crippen LogP contribution is 2.42. The first kappa shape index (κ1) is 20.7. The van der Waals surface area contributed by atoms with Crippen LogP contribution in [-0.2, 0) is 9.53 Å². The van der Waals surface area contributed by atoms with Gasteiger partial charge >= 0.3 is 0 Å². The van der Waals surface area contributed by atoms with Gasteiger partial charge in [-0.15, -0.1) is 5.10 Å². The molecule has 1 atom stereocenters. The average molecular weight is 432 g/mol. The van der Waals surface area contributed by atoms with E-state index in [0.717, 1.165) is 10.4 Å². The number of carbonyl (C=O) groups excluding carboxylic acids is 1. The first-order chi connectivity index (χ1) is 14.0. The molecule has 0 spiro atoms. The number of anilines is 1. The fraction of sp³-hybridized carbons (Fsp3) is 0.429. The highest BCUT2D eigenvalue weighted by Gasteiger charge is 2.49. The van der Waals surface area contributed by atoms with Crippen LogP contribution in [0.15, 0.2) is 30.5 Å². The second-order valence-electron chi connectivity index (χ2n) is 8.58. The predicted octanol–water partition coefficient (Wildman–Crippen LogP) is 5.22. The molecular weight excluding hydrogens is 410 g/mol. The fourth-order valence-electron chi connectivity index (χ4n) is 3.95. The van der Waals surface area contributed by atoms with Crippen LogP contribution in [0, 0.1) is 5.92 Å². The number of nitrogens with one attached hydrogen (secondary N) is 1. The monoisotopic (exact) mass is 432 g/mol. The molecule has 2 aromatic heterocycles. The molecule has 30 heavy (non-hydrogen) atoms. The van der Waals surface area contributed by atoms with Gasteiger partial charge in [0.2, 0.25) is 5.91 Å². The summed E-state index contributed by atoms with van der Waals surface area (Å²) in [5.41, 5.74) is 0.0629. The highest BCUT2D eigenvalue weighted by molar-refractivity contribution is 7.19. The number of thiazole rings is 1. The van der Waals surface area contributed by atoms with Gasteiger partial charge < -0.3 is 10.1 Å². The lowest BCUT2D eigenvalue weighted by molar-refractivity contribution is -0.126. The number of ether oxygens (including phenoxy) is 1. The standard InChI is InChI=1S/C21H22F2N4O2S/c1-20(2)9-13(21(3,4)29-20)18(28)25-19-24-10-16(30-19)11-5-6-14-12(7-11)8-15(17(22)23)27-26-14/h5-8,10,13,17H,9H2,1-4H3,(H,24,25,28). The Labute approximate surface area is 176 Å². The Kier molecular flexibility index (Phi) is 5.06. The summed E-state index contributed by atoms with van der Waals surface area (Å²) < 4.78 is 31.8. The molecule has 4 rings (SSSR count). The van der Waals surface area contributed by atoms with Crippen LogP contribution in [0.4, 0.5) is 13.9 Å². The Hall–Kier alpha value is -2.52. The Bertz CT molecular complexity index is 1110. The Morgan fingerprint density at radius 3 is 2.67 bits per heavy atom. The Morgan fingerprint density at radius 2 is 2.00 bits per heavy atom. The van der Waals surface area contributed by atoms with Crippen molar-refractivity contribution in [2.75, 3.05) is 5.32 Å². The van der Waals surface area contributed by atoms with Crippen LogP contribution in [0.2, 0.25) is 0 Å².